The van der Waals surface area contributed by atoms with Gasteiger partial charge in [-0.2, -0.15) is 0 Å². The van der Waals surface area contributed by atoms with Gasteiger partial charge in [0.2, 0.25) is 0 Å². The van der Waals surface area contributed by atoms with Crippen molar-refractivity contribution in [3.8, 4) is 0 Å². The molecule has 0 saturated heterocycles. The molecule has 1 N–H and O–H groups in total. The first-order chi connectivity index (χ1) is 7.77. The van der Waals surface area contributed by atoms with E-state index < -0.39 is 5.54 Å². The van der Waals surface area contributed by atoms with E-state index in [2.05, 4.69) is 5.32 Å². The number of hydrogen-bond donors (Lipinski definition) is 1. The van der Waals surface area contributed by atoms with Crippen molar-refractivity contribution in [2.75, 3.05) is 7.11 Å². The third-order valence-electron chi connectivity index (χ3n) is 2.42. The van der Waals surface area contributed by atoms with Crippen LogP contribution in [0.1, 0.15) is 32.4 Å². The summed E-state index contributed by atoms with van der Waals surface area (Å²) in [5.41, 5.74) is 0.116. The van der Waals surface area contributed by atoms with E-state index >= 15 is 0 Å². The van der Waals surface area contributed by atoms with Gasteiger partial charge in [-0.25, -0.2) is 0 Å². The number of carbonyl (C=O) groups is 1. The topological polar surface area (TPSA) is 38.3 Å². The quantitative estimate of drug-likeness (QED) is 0.862. The van der Waals surface area contributed by atoms with Crippen molar-refractivity contribution in [3.63, 3.8) is 0 Å². The Hall–Kier alpha value is -0.290. The fourth-order valence-corrected chi connectivity index (χ4v) is 3.23. The van der Waals surface area contributed by atoms with Crippen LogP contribution in [0.3, 0.4) is 0 Å². The van der Waals surface area contributed by atoms with Gasteiger partial charge < -0.3 is 4.74 Å². The maximum absolute atomic E-state index is 11.5. The summed E-state index contributed by atoms with van der Waals surface area (Å²) in [6, 6.07) is 1.72. The van der Waals surface area contributed by atoms with E-state index in [-0.39, 0.29) is 12.0 Å². The van der Waals surface area contributed by atoms with Crippen molar-refractivity contribution in [2.24, 2.45) is 0 Å². The van der Waals surface area contributed by atoms with Gasteiger partial charge in [-0.15, -0.1) is 11.3 Å². The zero-order chi connectivity index (χ0) is 13.2. The Bertz CT molecular complexity index is 418. The van der Waals surface area contributed by atoms with E-state index in [0.717, 1.165) is 5.56 Å². The molecule has 0 spiro atoms. The van der Waals surface area contributed by atoms with Crippen LogP contribution >= 0.6 is 34.5 Å². The van der Waals surface area contributed by atoms with Gasteiger partial charge in [-0.3, -0.25) is 10.1 Å². The number of thiophene rings is 1. The molecule has 0 saturated carbocycles. The Morgan fingerprint density at radius 1 is 1.53 bits per heavy atom. The highest BCUT2D eigenvalue weighted by Crippen LogP contribution is 2.35. The van der Waals surface area contributed by atoms with E-state index in [0.29, 0.717) is 8.67 Å². The van der Waals surface area contributed by atoms with Crippen LogP contribution in [-0.2, 0) is 9.53 Å². The maximum atomic E-state index is 11.5. The molecule has 1 atom stereocenters. The van der Waals surface area contributed by atoms with Crippen LogP contribution in [0.4, 0.5) is 0 Å². The van der Waals surface area contributed by atoms with E-state index in [1.807, 2.05) is 6.92 Å². The zero-order valence-corrected chi connectivity index (χ0v) is 12.5. The third kappa shape index (κ3) is 3.58. The van der Waals surface area contributed by atoms with Crippen molar-refractivity contribution >= 4 is 40.5 Å². The van der Waals surface area contributed by atoms with Gasteiger partial charge >= 0.3 is 5.97 Å². The first-order valence-electron chi connectivity index (χ1n) is 5.08. The fourth-order valence-electron chi connectivity index (χ4n) is 1.58. The normalized spacial score (nSPS) is 13.5. The van der Waals surface area contributed by atoms with Gasteiger partial charge in [0, 0.05) is 6.04 Å². The average molecular weight is 296 g/mol. The van der Waals surface area contributed by atoms with Crippen molar-refractivity contribution in [1.82, 2.24) is 5.32 Å². The lowest BCUT2D eigenvalue weighted by Gasteiger charge is -2.27. The summed E-state index contributed by atoms with van der Waals surface area (Å²) in [6.45, 7) is 5.45. The minimum Gasteiger partial charge on any atom is -0.468 e. The standard InChI is InChI=1S/C11H15Cl2NO2S/c1-6(7-5-8(12)17-9(7)13)14-11(2,3)10(15)16-4/h5-6,14H,1-4H3. The summed E-state index contributed by atoms with van der Waals surface area (Å²) >= 11 is 13.3. The van der Waals surface area contributed by atoms with Crippen molar-refractivity contribution in [2.45, 2.75) is 32.4 Å². The lowest BCUT2D eigenvalue weighted by atomic mass is 10.0. The number of halogens is 2. The second kappa shape index (κ2) is 5.57. The lowest BCUT2D eigenvalue weighted by Crippen LogP contribution is -2.48. The highest BCUT2D eigenvalue weighted by Gasteiger charge is 2.31. The van der Waals surface area contributed by atoms with Crippen molar-refractivity contribution in [3.05, 3.63) is 20.3 Å². The Kier molecular flexibility index (Phi) is 4.84. The van der Waals surface area contributed by atoms with Crippen LogP contribution in [0.15, 0.2) is 6.07 Å². The summed E-state index contributed by atoms with van der Waals surface area (Å²) in [4.78, 5) is 11.5. The first-order valence-corrected chi connectivity index (χ1v) is 6.66. The molecule has 96 valence electrons. The average Bonchev–Trinajstić information content (AvgIpc) is 2.56. The molecule has 1 unspecified atom stereocenters. The van der Waals surface area contributed by atoms with Crippen LogP contribution in [0.25, 0.3) is 0 Å². The van der Waals surface area contributed by atoms with Crippen molar-refractivity contribution in [1.29, 1.82) is 0 Å². The summed E-state index contributed by atoms with van der Waals surface area (Å²) in [5, 5.41) is 3.17. The zero-order valence-electron chi connectivity index (χ0n) is 10.1. The monoisotopic (exact) mass is 295 g/mol. The predicted octanol–water partition coefficient (Wildman–Crippen LogP) is 3.66. The first kappa shape index (κ1) is 14.8. The second-order valence-corrected chi connectivity index (χ2v) is 6.55. The molecule has 0 bridgehead atoms. The molecule has 1 aromatic rings. The number of carbonyl (C=O) groups excluding carboxylic acids is 1. The molecule has 6 heteroatoms. The Labute approximate surface area is 115 Å². The van der Waals surface area contributed by atoms with Gasteiger partial charge in [-0.1, -0.05) is 23.2 Å². The van der Waals surface area contributed by atoms with Crippen LogP contribution in [0.2, 0.25) is 8.67 Å². The van der Waals surface area contributed by atoms with E-state index in [4.69, 9.17) is 27.9 Å². The van der Waals surface area contributed by atoms with Gasteiger partial charge in [0.1, 0.15) is 5.54 Å². The summed E-state index contributed by atoms with van der Waals surface area (Å²) in [5.74, 6) is -0.318. The Morgan fingerprint density at radius 3 is 2.53 bits per heavy atom. The van der Waals surface area contributed by atoms with Crippen LogP contribution in [0, 0.1) is 0 Å². The number of hydrogen-bond acceptors (Lipinski definition) is 4. The van der Waals surface area contributed by atoms with E-state index in [9.17, 15) is 4.79 Å². The molecule has 1 rings (SSSR count). The summed E-state index contributed by atoms with van der Waals surface area (Å²) < 4.78 is 6.00. The minimum atomic E-state index is -0.772. The van der Waals surface area contributed by atoms with E-state index in [1.165, 1.54) is 18.4 Å². The van der Waals surface area contributed by atoms with Crippen molar-refractivity contribution < 1.29 is 9.53 Å². The molecule has 0 amide bonds. The molecule has 0 aliphatic carbocycles. The third-order valence-corrected chi connectivity index (χ3v) is 3.94. The molecule has 0 fully saturated rings. The van der Waals surface area contributed by atoms with Gasteiger partial charge in [-0.05, 0) is 32.4 Å². The van der Waals surface area contributed by atoms with Gasteiger partial charge in [0.25, 0.3) is 0 Å². The maximum Gasteiger partial charge on any atom is 0.325 e. The highest BCUT2D eigenvalue weighted by atomic mass is 35.5. The SMILES string of the molecule is COC(=O)C(C)(C)NC(C)c1cc(Cl)sc1Cl. The Morgan fingerprint density at radius 2 is 2.12 bits per heavy atom. The number of ether oxygens (including phenoxy) is 1. The molecule has 0 aromatic carbocycles. The van der Waals surface area contributed by atoms with Gasteiger partial charge in [0.05, 0.1) is 15.8 Å². The molecular formula is C11H15Cl2NO2S. The van der Waals surface area contributed by atoms with Crippen LogP contribution in [-0.4, -0.2) is 18.6 Å². The molecule has 0 aliphatic heterocycles. The fraction of sp³-hybridized carbons (Fsp3) is 0.545. The molecular weight excluding hydrogens is 281 g/mol. The van der Waals surface area contributed by atoms with Crippen LogP contribution in [0.5, 0.6) is 0 Å². The number of rotatable bonds is 4. The number of nitrogens with one attached hydrogen (secondary N) is 1. The molecule has 17 heavy (non-hydrogen) atoms. The largest absolute Gasteiger partial charge is 0.468 e. The number of methoxy groups -OCH3 is 1. The highest BCUT2D eigenvalue weighted by molar-refractivity contribution is 7.20. The minimum absolute atomic E-state index is 0.0830. The van der Waals surface area contributed by atoms with Crippen LogP contribution < -0.4 is 5.32 Å². The lowest BCUT2D eigenvalue weighted by molar-refractivity contribution is -0.147. The molecule has 3 nitrogen and oxygen atoms in total. The predicted molar refractivity (Wildman–Crippen MR) is 72.0 cm³/mol. The van der Waals surface area contributed by atoms with Gasteiger partial charge in [0.15, 0.2) is 0 Å². The molecule has 0 aliphatic rings. The molecule has 1 heterocycles. The molecule has 1 aromatic heterocycles. The summed E-state index contributed by atoms with van der Waals surface area (Å²) in [7, 11) is 1.37. The number of esters is 1. The summed E-state index contributed by atoms with van der Waals surface area (Å²) in [6.07, 6.45) is 0. The second-order valence-electron chi connectivity index (χ2n) is 4.26. The Balaban J connectivity index is 2.82. The van der Waals surface area contributed by atoms with E-state index in [1.54, 1.807) is 19.9 Å². The molecule has 0 radical (unpaired) electrons. The smallest absolute Gasteiger partial charge is 0.325 e.